The number of ketones is 1. The van der Waals surface area contributed by atoms with Crippen LogP contribution in [0.5, 0.6) is 23.0 Å². The summed E-state index contributed by atoms with van der Waals surface area (Å²) in [4.78, 5) is 13.3. The minimum absolute atomic E-state index is 0.0398. The second-order valence-electron chi connectivity index (χ2n) is 8.92. The number of ether oxygens (including phenoxy) is 4. The van der Waals surface area contributed by atoms with E-state index in [1.165, 1.54) is 0 Å². The molecule has 3 rings (SSSR count). The van der Waals surface area contributed by atoms with Gasteiger partial charge >= 0.3 is 0 Å². The molecule has 7 heteroatoms. The van der Waals surface area contributed by atoms with E-state index in [1.54, 1.807) is 28.4 Å². The maximum Gasteiger partial charge on any atom is 0.203 e. The summed E-state index contributed by atoms with van der Waals surface area (Å²) >= 11 is 0. The van der Waals surface area contributed by atoms with Crippen LogP contribution in [0, 0.1) is 0 Å². The van der Waals surface area contributed by atoms with Crippen LogP contribution in [0.15, 0.2) is 36.4 Å². The van der Waals surface area contributed by atoms with E-state index < -0.39 is 9.76 Å². The normalized spacial score (nSPS) is 16.7. The molecule has 0 aromatic heterocycles. The van der Waals surface area contributed by atoms with Crippen molar-refractivity contribution in [2.24, 2.45) is 0 Å². The summed E-state index contributed by atoms with van der Waals surface area (Å²) in [6.07, 6.45) is 0.0343. The third-order valence-corrected chi connectivity index (χ3v) is 6.75. The first-order valence-corrected chi connectivity index (χ1v) is 11.8. The molecule has 0 saturated heterocycles. The second-order valence-corrected chi connectivity index (χ2v) is 11.7. The van der Waals surface area contributed by atoms with Crippen LogP contribution in [0.1, 0.15) is 38.3 Å². The van der Waals surface area contributed by atoms with Crippen molar-refractivity contribution < 1.29 is 28.2 Å². The molecule has 172 valence electrons. The molecule has 32 heavy (non-hydrogen) atoms. The van der Waals surface area contributed by atoms with E-state index in [1.807, 2.05) is 36.4 Å². The fourth-order valence-corrected chi connectivity index (χ4v) is 4.80. The van der Waals surface area contributed by atoms with E-state index >= 15 is 0 Å². The number of hydrogen-bond donors (Lipinski definition) is 0. The molecule has 0 N–H and O–H groups in total. The van der Waals surface area contributed by atoms with E-state index in [-0.39, 0.29) is 16.9 Å². The third-order valence-electron chi connectivity index (χ3n) is 5.31. The SMILES string of the molecule is COc1ccc(C2=C(c3cc(OC)c(OC)c(OC)c3)C(=O)CC2O[SiH2]C(C)(C)C)cc1. The summed E-state index contributed by atoms with van der Waals surface area (Å²) < 4.78 is 28.2. The van der Waals surface area contributed by atoms with Gasteiger partial charge in [-0.1, -0.05) is 32.9 Å². The molecule has 2 aromatic carbocycles. The molecule has 1 unspecified atom stereocenters. The molecule has 0 heterocycles. The maximum atomic E-state index is 13.3. The monoisotopic (exact) mass is 456 g/mol. The second kappa shape index (κ2) is 9.79. The first-order valence-electron chi connectivity index (χ1n) is 10.6. The molecular formula is C25H32O6Si. The lowest BCUT2D eigenvalue weighted by atomic mass is 9.95. The number of carbonyl (C=O) groups excluding carboxylic acids is 1. The molecule has 0 aliphatic heterocycles. The number of carbonyl (C=O) groups is 1. The van der Waals surface area contributed by atoms with Gasteiger partial charge < -0.3 is 23.4 Å². The van der Waals surface area contributed by atoms with Crippen molar-refractivity contribution in [3.63, 3.8) is 0 Å². The first-order chi connectivity index (χ1) is 15.2. The van der Waals surface area contributed by atoms with Crippen LogP contribution in [-0.2, 0) is 9.22 Å². The highest BCUT2D eigenvalue weighted by Gasteiger charge is 2.36. The summed E-state index contributed by atoms with van der Waals surface area (Å²) in [6, 6.07) is 11.4. The number of allylic oxidation sites excluding steroid dienone is 1. The van der Waals surface area contributed by atoms with Gasteiger partial charge in [0, 0.05) is 12.0 Å². The zero-order chi connectivity index (χ0) is 23.5. The highest BCUT2D eigenvalue weighted by molar-refractivity contribution is 6.35. The quantitative estimate of drug-likeness (QED) is 0.552. The van der Waals surface area contributed by atoms with Crippen LogP contribution >= 0.6 is 0 Å². The Hall–Kier alpha value is -2.77. The van der Waals surface area contributed by atoms with E-state index in [0.29, 0.717) is 29.2 Å². The summed E-state index contributed by atoms with van der Waals surface area (Å²) in [6.45, 7) is 6.52. The van der Waals surface area contributed by atoms with Gasteiger partial charge in [0.2, 0.25) is 5.75 Å². The molecule has 0 bridgehead atoms. The lowest BCUT2D eigenvalue weighted by Gasteiger charge is -2.23. The van der Waals surface area contributed by atoms with Crippen LogP contribution in [0.4, 0.5) is 0 Å². The first kappa shape index (κ1) is 23.9. The summed E-state index contributed by atoms with van der Waals surface area (Å²) in [5.41, 5.74) is 3.18. The van der Waals surface area contributed by atoms with Gasteiger partial charge in [-0.2, -0.15) is 0 Å². The molecule has 0 saturated carbocycles. The van der Waals surface area contributed by atoms with Gasteiger partial charge in [0.25, 0.3) is 0 Å². The molecule has 0 spiro atoms. The van der Waals surface area contributed by atoms with Gasteiger partial charge in [-0.15, -0.1) is 0 Å². The lowest BCUT2D eigenvalue weighted by Crippen LogP contribution is -2.21. The van der Waals surface area contributed by atoms with Gasteiger partial charge in [0.1, 0.15) is 5.75 Å². The van der Waals surface area contributed by atoms with Crippen LogP contribution in [0.25, 0.3) is 11.1 Å². The Bertz CT molecular complexity index is 979. The highest BCUT2D eigenvalue weighted by Crippen LogP contribution is 2.45. The van der Waals surface area contributed by atoms with Gasteiger partial charge in [-0.05, 0) is 46.0 Å². The molecule has 0 fully saturated rings. The Morgan fingerprint density at radius 2 is 1.44 bits per heavy atom. The number of methoxy groups -OCH3 is 4. The van der Waals surface area contributed by atoms with Crippen molar-refractivity contribution in [3.05, 3.63) is 47.5 Å². The molecule has 1 atom stereocenters. The van der Waals surface area contributed by atoms with Crippen LogP contribution in [0.3, 0.4) is 0 Å². The minimum Gasteiger partial charge on any atom is -0.497 e. The summed E-state index contributed by atoms with van der Waals surface area (Å²) in [7, 11) is 5.46. The zero-order valence-electron chi connectivity index (χ0n) is 19.9. The Balaban J connectivity index is 2.19. The molecule has 6 nitrogen and oxygen atoms in total. The Labute approximate surface area is 192 Å². The molecular weight excluding hydrogens is 424 g/mol. The van der Waals surface area contributed by atoms with E-state index in [4.69, 9.17) is 23.4 Å². The van der Waals surface area contributed by atoms with Crippen molar-refractivity contribution in [2.45, 2.75) is 38.3 Å². The molecule has 0 radical (unpaired) electrons. The summed E-state index contributed by atoms with van der Waals surface area (Å²) in [5.74, 6) is 2.30. The Morgan fingerprint density at radius 1 is 0.844 bits per heavy atom. The van der Waals surface area contributed by atoms with Gasteiger partial charge in [-0.3, -0.25) is 4.79 Å². The molecule has 1 aliphatic rings. The van der Waals surface area contributed by atoms with Gasteiger partial charge in [0.15, 0.2) is 27.0 Å². The topological polar surface area (TPSA) is 63.2 Å². The number of rotatable bonds is 8. The fraction of sp³-hybridized carbons (Fsp3) is 0.400. The van der Waals surface area contributed by atoms with E-state index in [9.17, 15) is 4.79 Å². The van der Waals surface area contributed by atoms with Crippen molar-refractivity contribution in [2.75, 3.05) is 28.4 Å². The van der Waals surface area contributed by atoms with Crippen molar-refractivity contribution in [3.8, 4) is 23.0 Å². The maximum absolute atomic E-state index is 13.3. The van der Waals surface area contributed by atoms with Crippen molar-refractivity contribution in [1.29, 1.82) is 0 Å². The summed E-state index contributed by atoms with van der Waals surface area (Å²) in [5, 5.41) is 0.114. The smallest absolute Gasteiger partial charge is 0.203 e. The highest BCUT2D eigenvalue weighted by atomic mass is 28.2. The average molecular weight is 457 g/mol. The predicted octanol–water partition coefficient (Wildman–Crippen LogP) is 4.29. The van der Waals surface area contributed by atoms with Crippen molar-refractivity contribution in [1.82, 2.24) is 0 Å². The average Bonchev–Trinajstić information content (AvgIpc) is 3.12. The van der Waals surface area contributed by atoms with Crippen LogP contribution in [0.2, 0.25) is 5.04 Å². The van der Waals surface area contributed by atoms with E-state index in [2.05, 4.69) is 20.8 Å². The zero-order valence-corrected chi connectivity index (χ0v) is 21.3. The van der Waals surface area contributed by atoms with Crippen molar-refractivity contribution >= 4 is 26.7 Å². The van der Waals surface area contributed by atoms with E-state index in [0.717, 1.165) is 22.4 Å². The Morgan fingerprint density at radius 3 is 1.91 bits per heavy atom. The number of benzene rings is 2. The van der Waals surface area contributed by atoms with Gasteiger partial charge in [0.05, 0.1) is 34.5 Å². The van der Waals surface area contributed by atoms with Gasteiger partial charge in [-0.25, -0.2) is 0 Å². The molecule has 2 aromatic rings. The minimum atomic E-state index is -0.869. The van der Waals surface area contributed by atoms with Crippen LogP contribution in [-0.4, -0.2) is 50.1 Å². The predicted molar refractivity (Wildman–Crippen MR) is 129 cm³/mol. The lowest BCUT2D eigenvalue weighted by molar-refractivity contribution is -0.114. The molecule has 0 amide bonds. The number of Topliss-reactive ketones (excluding diaryl/α,β-unsaturated/α-hetero) is 1. The Kier molecular flexibility index (Phi) is 7.31. The number of hydrogen-bond acceptors (Lipinski definition) is 6. The molecule has 1 aliphatic carbocycles. The van der Waals surface area contributed by atoms with Crippen LogP contribution < -0.4 is 18.9 Å². The largest absolute Gasteiger partial charge is 0.497 e. The standard InChI is InChI=1S/C25H32O6Si/c1-25(2,3)32-31-19-14-18(26)22(23(19)15-8-10-17(27-4)11-9-15)16-12-20(28-5)24(30-7)21(13-16)29-6/h8-13,19H,14,32H2,1-7H3. The fourth-order valence-electron chi connectivity index (χ4n) is 3.82. The third kappa shape index (κ3) is 5.00.